The van der Waals surface area contributed by atoms with Gasteiger partial charge in [0.15, 0.2) is 0 Å². The van der Waals surface area contributed by atoms with E-state index in [2.05, 4.69) is 16.3 Å². The van der Waals surface area contributed by atoms with Crippen LogP contribution in [0.5, 0.6) is 0 Å². The van der Waals surface area contributed by atoms with Gasteiger partial charge in [-0.1, -0.05) is 0 Å². The summed E-state index contributed by atoms with van der Waals surface area (Å²) in [5, 5.41) is 3.37. The Bertz CT molecular complexity index is 677. The van der Waals surface area contributed by atoms with Gasteiger partial charge >= 0.3 is 0 Å². The van der Waals surface area contributed by atoms with Crippen LogP contribution in [0.15, 0.2) is 6.07 Å². The first kappa shape index (κ1) is 17.7. The van der Waals surface area contributed by atoms with Crippen LogP contribution in [-0.2, 0) is 27.2 Å². The molecule has 4 heterocycles. The lowest BCUT2D eigenvalue weighted by Gasteiger charge is -2.37. The van der Waals surface area contributed by atoms with E-state index >= 15 is 0 Å². The third-order valence-electron chi connectivity index (χ3n) is 5.76. The molecule has 4 rings (SSSR count). The summed E-state index contributed by atoms with van der Waals surface area (Å²) in [6.45, 7) is 3.90. The summed E-state index contributed by atoms with van der Waals surface area (Å²) < 4.78 is 11.0. The molecule has 7 nitrogen and oxygen atoms in total. The first-order valence-corrected chi connectivity index (χ1v) is 9.53. The predicted molar refractivity (Wildman–Crippen MR) is 97.8 cm³/mol. The van der Waals surface area contributed by atoms with Gasteiger partial charge in [-0.25, -0.2) is 4.98 Å². The normalized spacial score (nSPS) is 23.1. The van der Waals surface area contributed by atoms with Gasteiger partial charge in [-0.05, 0) is 49.4 Å². The van der Waals surface area contributed by atoms with Gasteiger partial charge in [0.25, 0.3) is 0 Å². The zero-order valence-electron chi connectivity index (χ0n) is 15.7. The second-order valence-corrected chi connectivity index (χ2v) is 7.41. The van der Waals surface area contributed by atoms with Crippen LogP contribution in [0.25, 0.3) is 0 Å². The molecule has 0 bridgehead atoms. The molecule has 2 saturated heterocycles. The van der Waals surface area contributed by atoms with Crippen molar-refractivity contribution in [1.82, 2.24) is 14.8 Å². The fraction of sp³-hybridized carbons (Fsp3) is 0.684. The number of piperazine rings is 1. The summed E-state index contributed by atoms with van der Waals surface area (Å²) in [6.07, 6.45) is 3.96. The number of amides is 1. The number of rotatable bonds is 5. The largest absolute Gasteiger partial charge is 0.370 e. The number of carbonyl (C=O) groups is 1. The van der Waals surface area contributed by atoms with Crippen molar-refractivity contribution in [2.75, 3.05) is 45.7 Å². The standard InChI is InChI=1S/C19H28N4O3/c1-25-19(26-2)17-14(9-13-5-3-7-20-18(13)21-17)10-23-11-15-6-4-8-22(15)12-16(23)24/h9,15,19H,3-8,10-12H2,1-2H3,(H,20,21). The van der Waals surface area contributed by atoms with Gasteiger partial charge in [0, 0.05) is 39.9 Å². The van der Waals surface area contributed by atoms with Gasteiger partial charge in [0.2, 0.25) is 12.2 Å². The van der Waals surface area contributed by atoms with E-state index in [0.29, 0.717) is 19.1 Å². The Morgan fingerprint density at radius 3 is 3.00 bits per heavy atom. The number of aryl methyl sites for hydroxylation is 1. The van der Waals surface area contributed by atoms with Crippen LogP contribution in [0.4, 0.5) is 5.82 Å². The number of methoxy groups -OCH3 is 2. The van der Waals surface area contributed by atoms with Crippen molar-refractivity contribution >= 4 is 11.7 Å². The number of anilines is 1. The highest BCUT2D eigenvalue weighted by Gasteiger charge is 2.35. The van der Waals surface area contributed by atoms with E-state index in [1.54, 1.807) is 14.2 Å². The molecular formula is C19H28N4O3. The van der Waals surface area contributed by atoms with Crippen LogP contribution < -0.4 is 5.32 Å². The Morgan fingerprint density at radius 2 is 2.19 bits per heavy atom. The lowest BCUT2D eigenvalue weighted by molar-refractivity contribution is -0.138. The van der Waals surface area contributed by atoms with E-state index < -0.39 is 6.29 Å². The van der Waals surface area contributed by atoms with Crippen molar-refractivity contribution in [3.05, 3.63) is 22.9 Å². The van der Waals surface area contributed by atoms with Gasteiger partial charge in [0.1, 0.15) is 11.5 Å². The molecule has 26 heavy (non-hydrogen) atoms. The summed E-state index contributed by atoms with van der Waals surface area (Å²) in [5.74, 6) is 1.12. The zero-order chi connectivity index (χ0) is 18.1. The van der Waals surface area contributed by atoms with E-state index in [1.165, 1.54) is 18.4 Å². The highest BCUT2D eigenvalue weighted by Crippen LogP contribution is 2.30. The Kier molecular flexibility index (Phi) is 5.11. The number of nitrogens with one attached hydrogen (secondary N) is 1. The molecule has 1 aromatic rings. The molecule has 1 unspecified atom stereocenters. The maximum atomic E-state index is 12.6. The van der Waals surface area contributed by atoms with Crippen molar-refractivity contribution in [3.63, 3.8) is 0 Å². The van der Waals surface area contributed by atoms with Crippen molar-refractivity contribution in [2.45, 2.75) is 44.6 Å². The number of ether oxygens (including phenoxy) is 2. The average molecular weight is 360 g/mol. The van der Waals surface area contributed by atoms with Crippen LogP contribution in [0.1, 0.15) is 42.4 Å². The minimum atomic E-state index is -0.526. The molecule has 0 saturated carbocycles. The van der Waals surface area contributed by atoms with Gasteiger partial charge in [-0.2, -0.15) is 0 Å². The number of hydrogen-bond acceptors (Lipinski definition) is 6. The van der Waals surface area contributed by atoms with Crippen LogP contribution >= 0.6 is 0 Å². The fourth-order valence-corrected chi connectivity index (χ4v) is 4.39. The van der Waals surface area contributed by atoms with E-state index in [4.69, 9.17) is 14.5 Å². The molecule has 1 amide bonds. The van der Waals surface area contributed by atoms with E-state index in [1.807, 2.05) is 4.90 Å². The van der Waals surface area contributed by atoms with E-state index in [9.17, 15) is 4.79 Å². The molecule has 142 valence electrons. The smallest absolute Gasteiger partial charge is 0.237 e. The molecule has 3 aliphatic rings. The maximum Gasteiger partial charge on any atom is 0.237 e. The minimum absolute atomic E-state index is 0.205. The summed E-state index contributed by atoms with van der Waals surface area (Å²) in [4.78, 5) is 21.7. The summed E-state index contributed by atoms with van der Waals surface area (Å²) in [7, 11) is 3.24. The third-order valence-corrected chi connectivity index (χ3v) is 5.76. The van der Waals surface area contributed by atoms with Gasteiger partial charge in [-0.3, -0.25) is 9.69 Å². The Hall–Kier alpha value is -1.70. The molecule has 0 aliphatic carbocycles. The van der Waals surface area contributed by atoms with Crippen LogP contribution in [-0.4, -0.2) is 67.1 Å². The highest BCUT2D eigenvalue weighted by molar-refractivity contribution is 5.79. The van der Waals surface area contributed by atoms with Crippen molar-refractivity contribution in [3.8, 4) is 0 Å². The van der Waals surface area contributed by atoms with Crippen molar-refractivity contribution in [2.24, 2.45) is 0 Å². The second kappa shape index (κ2) is 7.50. The monoisotopic (exact) mass is 360 g/mol. The molecule has 3 aliphatic heterocycles. The van der Waals surface area contributed by atoms with Gasteiger partial charge in [-0.15, -0.1) is 0 Å². The Morgan fingerprint density at radius 1 is 1.35 bits per heavy atom. The lowest BCUT2D eigenvalue weighted by Crippen LogP contribution is -2.53. The second-order valence-electron chi connectivity index (χ2n) is 7.41. The maximum absolute atomic E-state index is 12.6. The Labute approximate surface area is 154 Å². The number of hydrogen-bond donors (Lipinski definition) is 1. The summed E-state index contributed by atoms with van der Waals surface area (Å²) >= 11 is 0. The van der Waals surface area contributed by atoms with Crippen molar-refractivity contribution < 1.29 is 14.3 Å². The number of aromatic nitrogens is 1. The molecule has 0 radical (unpaired) electrons. The Balaban J connectivity index is 1.62. The lowest BCUT2D eigenvalue weighted by atomic mass is 10.0. The number of fused-ring (bicyclic) bond motifs is 2. The molecule has 2 fully saturated rings. The van der Waals surface area contributed by atoms with E-state index in [-0.39, 0.29) is 5.91 Å². The average Bonchev–Trinajstić information content (AvgIpc) is 3.10. The first-order chi connectivity index (χ1) is 12.7. The molecule has 1 N–H and O–H groups in total. The topological polar surface area (TPSA) is 66.9 Å². The minimum Gasteiger partial charge on any atom is -0.370 e. The molecule has 1 aromatic heterocycles. The van der Waals surface area contributed by atoms with Crippen molar-refractivity contribution in [1.29, 1.82) is 0 Å². The van der Waals surface area contributed by atoms with Crippen LogP contribution in [0.2, 0.25) is 0 Å². The summed E-state index contributed by atoms with van der Waals surface area (Å²) in [5.41, 5.74) is 3.01. The van der Waals surface area contributed by atoms with Crippen LogP contribution in [0, 0.1) is 0 Å². The predicted octanol–water partition coefficient (Wildman–Crippen LogP) is 1.54. The molecular weight excluding hydrogens is 332 g/mol. The molecule has 7 heteroatoms. The molecule has 0 aromatic carbocycles. The zero-order valence-corrected chi connectivity index (χ0v) is 15.7. The first-order valence-electron chi connectivity index (χ1n) is 9.53. The quantitative estimate of drug-likeness (QED) is 0.804. The van der Waals surface area contributed by atoms with Gasteiger partial charge < -0.3 is 19.7 Å². The third kappa shape index (κ3) is 3.31. The SMILES string of the molecule is COC(OC)c1nc2c(cc1CN1CC3CCCN3CC1=O)CCCN2. The number of carbonyl (C=O) groups excluding carboxylic acids is 1. The number of nitrogens with zero attached hydrogens (tertiary/aromatic N) is 3. The molecule has 0 spiro atoms. The fourth-order valence-electron chi connectivity index (χ4n) is 4.39. The van der Waals surface area contributed by atoms with Crippen LogP contribution in [0.3, 0.4) is 0 Å². The number of pyridine rings is 1. The summed E-state index contributed by atoms with van der Waals surface area (Å²) in [6, 6.07) is 2.69. The van der Waals surface area contributed by atoms with Gasteiger partial charge in [0.05, 0.1) is 6.54 Å². The molecule has 1 atom stereocenters. The highest BCUT2D eigenvalue weighted by atomic mass is 16.7. The van der Waals surface area contributed by atoms with E-state index in [0.717, 1.165) is 49.6 Å².